The van der Waals surface area contributed by atoms with Crippen LogP contribution in [0.5, 0.6) is 5.75 Å². The van der Waals surface area contributed by atoms with E-state index in [1.54, 1.807) is 35.1 Å². The van der Waals surface area contributed by atoms with E-state index in [1.807, 2.05) is 51.1 Å². The van der Waals surface area contributed by atoms with Crippen molar-refractivity contribution in [1.29, 1.82) is 0 Å². The largest absolute Gasteiger partial charge is 0.482 e. The summed E-state index contributed by atoms with van der Waals surface area (Å²) in [6.07, 6.45) is 0.902. The number of piperidine rings is 1. The van der Waals surface area contributed by atoms with Crippen molar-refractivity contribution in [3.05, 3.63) is 54.1 Å². The average molecular weight is 524 g/mol. The van der Waals surface area contributed by atoms with Crippen LogP contribution in [0.2, 0.25) is 0 Å². The average Bonchev–Trinajstić information content (AvgIpc) is 2.89. The molecule has 0 saturated carbocycles. The molecule has 3 amide bonds. The fraction of sp³-hybridized carbons (Fsp3) is 0.483. The number of ether oxygens (including phenoxy) is 3. The summed E-state index contributed by atoms with van der Waals surface area (Å²) in [5, 5.41) is 3.04. The molecular formula is C29H37N3O6. The quantitative estimate of drug-likeness (QED) is 0.540. The first-order valence-electron chi connectivity index (χ1n) is 13.1. The molecular weight excluding hydrogens is 486 g/mol. The molecule has 0 spiro atoms. The van der Waals surface area contributed by atoms with Crippen molar-refractivity contribution in [2.24, 2.45) is 5.92 Å². The lowest BCUT2D eigenvalue weighted by molar-refractivity contribution is -0.122. The molecule has 0 bridgehead atoms. The van der Waals surface area contributed by atoms with E-state index in [1.165, 1.54) is 0 Å². The van der Waals surface area contributed by atoms with E-state index in [0.717, 1.165) is 5.56 Å². The number of carbonyl (C=O) groups is 3. The van der Waals surface area contributed by atoms with Crippen LogP contribution in [0.4, 0.5) is 16.2 Å². The van der Waals surface area contributed by atoms with E-state index < -0.39 is 17.6 Å². The van der Waals surface area contributed by atoms with Crippen LogP contribution < -0.4 is 15.0 Å². The number of nitrogens with one attached hydrogen (secondary N) is 1. The first-order chi connectivity index (χ1) is 18.2. The maximum absolute atomic E-state index is 13.7. The van der Waals surface area contributed by atoms with E-state index in [2.05, 4.69) is 5.32 Å². The Morgan fingerprint density at radius 2 is 1.89 bits per heavy atom. The molecule has 2 aliphatic rings. The Balaban J connectivity index is 1.55. The molecule has 9 nitrogen and oxygen atoms in total. The van der Waals surface area contributed by atoms with Gasteiger partial charge in [0, 0.05) is 39.0 Å². The van der Waals surface area contributed by atoms with E-state index in [0.29, 0.717) is 49.7 Å². The van der Waals surface area contributed by atoms with Crippen molar-refractivity contribution in [1.82, 2.24) is 4.90 Å². The summed E-state index contributed by atoms with van der Waals surface area (Å²) in [7, 11) is 1.63. The zero-order chi connectivity index (χ0) is 27.3. The highest BCUT2D eigenvalue weighted by Gasteiger charge is 2.38. The molecule has 2 aromatic rings. The molecule has 2 atom stereocenters. The van der Waals surface area contributed by atoms with Gasteiger partial charge in [0.05, 0.1) is 11.6 Å². The van der Waals surface area contributed by atoms with Crippen LogP contribution in [-0.4, -0.2) is 68.4 Å². The maximum Gasteiger partial charge on any atom is 0.410 e. The minimum absolute atomic E-state index is 0.0208. The third kappa shape index (κ3) is 6.64. The Morgan fingerprint density at radius 3 is 2.61 bits per heavy atom. The van der Waals surface area contributed by atoms with Crippen LogP contribution in [0, 0.1) is 5.92 Å². The van der Waals surface area contributed by atoms with Gasteiger partial charge < -0.3 is 29.3 Å². The van der Waals surface area contributed by atoms with Gasteiger partial charge in [0.15, 0.2) is 6.61 Å². The number of carbonyl (C=O) groups excluding carboxylic acids is 3. The minimum Gasteiger partial charge on any atom is -0.482 e. The predicted molar refractivity (Wildman–Crippen MR) is 145 cm³/mol. The Kier molecular flexibility index (Phi) is 8.56. The standard InChI is InChI=1S/C29H37N3O6/c1-29(2,3)38-28(35)31-15-13-22(20-9-6-5-7-10-20)23(18-31)27(34)30-21-11-12-25-24(17-21)32(14-8-16-36-4)26(33)19-37-25/h5-7,9-12,17,22-23H,8,13-16,18-19H2,1-4H3,(H,30,34)/t22-,23+/m1/s1. The van der Waals surface area contributed by atoms with Gasteiger partial charge >= 0.3 is 6.09 Å². The highest BCUT2D eigenvalue weighted by molar-refractivity contribution is 6.00. The molecule has 1 N–H and O–H groups in total. The fourth-order valence-electron chi connectivity index (χ4n) is 4.94. The number of hydrogen-bond acceptors (Lipinski definition) is 6. The predicted octanol–water partition coefficient (Wildman–Crippen LogP) is 4.43. The highest BCUT2D eigenvalue weighted by atomic mass is 16.6. The fourth-order valence-corrected chi connectivity index (χ4v) is 4.94. The monoisotopic (exact) mass is 523 g/mol. The molecule has 0 aromatic heterocycles. The third-order valence-corrected chi connectivity index (χ3v) is 6.73. The van der Waals surface area contributed by atoms with Gasteiger partial charge in [-0.1, -0.05) is 30.3 Å². The van der Waals surface area contributed by atoms with Gasteiger partial charge in [-0.25, -0.2) is 4.79 Å². The van der Waals surface area contributed by atoms with E-state index in [-0.39, 0.29) is 30.9 Å². The zero-order valence-corrected chi connectivity index (χ0v) is 22.6. The first kappa shape index (κ1) is 27.4. The SMILES string of the molecule is COCCCN1C(=O)COc2ccc(NC(=O)[C@H]3CN(C(=O)OC(C)(C)C)CC[C@@H]3c3ccccc3)cc21. The summed E-state index contributed by atoms with van der Waals surface area (Å²) in [5.41, 5.74) is 1.62. The maximum atomic E-state index is 13.7. The van der Waals surface area contributed by atoms with Gasteiger partial charge in [0.1, 0.15) is 11.4 Å². The van der Waals surface area contributed by atoms with Gasteiger partial charge in [-0.2, -0.15) is 0 Å². The molecule has 0 aliphatic carbocycles. The van der Waals surface area contributed by atoms with Crippen LogP contribution >= 0.6 is 0 Å². The second-order valence-electron chi connectivity index (χ2n) is 10.7. The molecule has 38 heavy (non-hydrogen) atoms. The van der Waals surface area contributed by atoms with Crippen LogP contribution in [-0.2, 0) is 19.1 Å². The second kappa shape index (κ2) is 11.9. The molecule has 0 unspecified atom stereocenters. The summed E-state index contributed by atoms with van der Waals surface area (Å²) in [5.74, 6) is -0.271. The van der Waals surface area contributed by atoms with Gasteiger partial charge in [-0.15, -0.1) is 0 Å². The summed E-state index contributed by atoms with van der Waals surface area (Å²) in [4.78, 5) is 42.4. The number of fused-ring (bicyclic) bond motifs is 1. The van der Waals surface area contributed by atoms with Crippen molar-refractivity contribution in [3.63, 3.8) is 0 Å². The molecule has 0 radical (unpaired) electrons. The molecule has 4 rings (SSSR count). The molecule has 2 aromatic carbocycles. The summed E-state index contributed by atoms with van der Waals surface area (Å²) in [6, 6.07) is 15.2. The second-order valence-corrected chi connectivity index (χ2v) is 10.7. The van der Waals surface area contributed by atoms with Crippen LogP contribution in [0.3, 0.4) is 0 Å². The van der Waals surface area contributed by atoms with Gasteiger partial charge in [-0.05, 0) is 63.3 Å². The lowest BCUT2D eigenvalue weighted by atomic mass is 9.80. The normalized spacial score (nSPS) is 19.4. The number of rotatable bonds is 7. The minimum atomic E-state index is -0.622. The highest BCUT2D eigenvalue weighted by Crippen LogP contribution is 2.37. The molecule has 1 fully saturated rings. The summed E-state index contributed by atoms with van der Waals surface area (Å²) >= 11 is 0. The van der Waals surface area contributed by atoms with Gasteiger partial charge in [-0.3, -0.25) is 9.59 Å². The third-order valence-electron chi connectivity index (χ3n) is 6.73. The van der Waals surface area contributed by atoms with E-state index in [9.17, 15) is 14.4 Å². The Labute approximate surface area is 224 Å². The number of nitrogens with zero attached hydrogens (tertiary/aromatic N) is 2. The van der Waals surface area contributed by atoms with Crippen LogP contribution in [0.1, 0.15) is 45.1 Å². The topological polar surface area (TPSA) is 97.4 Å². The molecule has 9 heteroatoms. The lowest BCUT2D eigenvalue weighted by Crippen LogP contribution is -2.48. The number of amides is 3. The molecule has 2 aliphatic heterocycles. The number of likely N-dealkylation sites (tertiary alicyclic amines) is 1. The number of anilines is 2. The van der Waals surface area contributed by atoms with Crippen molar-refractivity contribution < 1.29 is 28.6 Å². The summed E-state index contributed by atoms with van der Waals surface area (Å²) in [6.45, 7) is 7.24. The smallest absolute Gasteiger partial charge is 0.410 e. The van der Waals surface area contributed by atoms with Gasteiger partial charge in [0.2, 0.25) is 5.91 Å². The van der Waals surface area contributed by atoms with E-state index in [4.69, 9.17) is 14.2 Å². The Hall–Kier alpha value is -3.59. The Bertz CT molecular complexity index is 1150. The Morgan fingerprint density at radius 1 is 1.13 bits per heavy atom. The van der Waals surface area contributed by atoms with Crippen molar-refractivity contribution in [3.8, 4) is 5.75 Å². The van der Waals surface area contributed by atoms with Crippen molar-refractivity contribution in [2.45, 2.75) is 45.1 Å². The number of methoxy groups -OCH3 is 1. The molecule has 1 saturated heterocycles. The molecule has 2 heterocycles. The van der Waals surface area contributed by atoms with Crippen molar-refractivity contribution in [2.75, 3.05) is 50.2 Å². The number of hydrogen-bond donors (Lipinski definition) is 1. The van der Waals surface area contributed by atoms with Crippen LogP contribution in [0.25, 0.3) is 0 Å². The van der Waals surface area contributed by atoms with Crippen LogP contribution in [0.15, 0.2) is 48.5 Å². The summed E-state index contributed by atoms with van der Waals surface area (Å²) < 4.78 is 16.3. The first-order valence-corrected chi connectivity index (χ1v) is 13.1. The van der Waals surface area contributed by atoms with Gasteiger partial charge in [0.25, 0.3) is 5.91 Å². The lowest BCUT2D eigenvalue weighted by Gasteiger charge is -2.38. The zero-order valence-electron chi connectivity index (χ0n) is 22.6. The van der Waals surface area contributed by atoms with Crippen molar-refractivity contribution >= 4 is 29.3 Å². The van der Waals surface area contributed by atoms with E-state index >= 15 is 0 Å². The molecule has 204 valence electrons. The number of benzene rings is 2.